The Hall–Kier alpha value is -5.21. The molecule has 6 rings (SSSR count). The zero-order chi connectivity index (χ0) is 33.9. The highest BCUT2D eigenvalue weighted by Crippen LogP contribution is 2.37. The third-order valence-electron chi connectivity index (χ3n) is 9.09. The average molecular weight is 643 g/mol. The minimum absolute atomic E-state index is 0.0160. The van der Waals surface area contributed by atoms with Crippen molar-refractivity contribution in [3.8, 4) is 28.1 Å². The molecular weight excluding hydrogens is 600 g/mol. The summed E-state index contributed by atoms with van der Waals surface area (Å²) in [6, 6.07) is 30.0. The Balaban J connectivity index is 1.12. The highest BCUT2D eigenvalue weighted by Gasteiger charge is 2.23. The Bertz CT molecular complexity index is 1910. The van der Waals surface area contributed by atoms with Gasteiger partial charge in [0.05, 0.1) is 22.9 Å². The van der Waals surface area contributed by atoms with E-state index in [-0.39, 0.29) is 35.3 Å². The smallest absolute Gasteiger partial charge is 0.338 e. The van der Waals surface area contributed by atoms with Crippen LogP contribution in [0.4, 0.5) is 5.69 Å². The van der Waals surface area contributed by atoms with Gasteiger partial charge in [-0.1, -0.05) is 54.6 Å². The highest BCUT2D eigenvalue weighted by molar-refractivity contribution is 6.08. The molecule has 1 N–H and O–H groups in total. The third-order valence-corrected chi connectivity index (χ3v) is 9.09. The lowest BCUT2D eigenvalue weighted by molar-refractivity contribution is 0.0377. The molecule has 4 aromatic carbocycles. The van der Waals surface area contributed by atoms with Gasteiger partial charge in [-0.05, 0) is 73.7 Å². The summed E-state index contributed by atoms with van der Waals surface area (Å²) >= 11 is 0. The molecule has 246 valence electrons. The van der Waals surface area contributed by atoms with E-state index < -0.39 is 0 Å². The predicted molar refractivity (Wildman–Crippen MR) is 191 cm³/mol. The first-order chi connectivity index (χ1) is 23.1. The molecule has 8 nitrogen and oxygen atoms in total. The van der Waals surface area contributed by atoms with Crippen LogP contribution >= 0.6 is 0 Å². The number of amides is 1. The van der Waals surface area contributed by atoms with Gasteiger partial charge in [-0.3, -0.25) is 14.7 Å². The van der Waals surface area contributed by atoms with Gasteiger partial charge < -0.3 is 19.6 Å². The van der Waals surface area contributed by atoms with Crippen LogP contribution in [0.25, 0.3) is 33.2 Å². The van der Waals surface area contributed by atoms with Crippen LogP contribution in [0.5, 0.6) is 5.75 Å². The number of esters is 1. The Morgan fingerprint density at radius 3 is 2.06 bits per heavy atom. The summed E-state index contributed by atoms with van der Waals surface area (Å²) in [5.74, 6) is -0.563. The van der Waals surface area contributed by atoms with Crippen LogP contribution in [-0.4, -0.2) is 78.1 Å². The number of ether oxygens (including phenoxy) is 1. The van der Waals surface area contributed by atoms with Crippen LogP contribution in [0.3, 0.4) is 0 Å². The van der Waals surface area contributed by atoms with Gasteiger partial charge in [-0.25, -0.2) is 4.79 Å². The number of aromatic nitrogens is 1. The van der Waals surface area contributed by atoms with Gasteiger partial charge in [0, 0.05) is 74.7 Å². The Morgan fingerprint density at radius 2 is 1.46 bits per heavy atom. The largest absolute Gasteiger partial charge is 0.506 e. The fourth-order valence-electron chi connectivity index (χ4n) is 6.32. The maximum absolute atomic E-state index is 12.9. The number of carbonyl (C=O) groups is 2. The molecule has 1 atom stereocenters. The number of nitrogens with zero attached hydrogens (tertiary/aromatic N) is 4. The molecule has 48 heavy (non-hydrogen) atoms. The van der Waals surface area contributed by atoms with Crippen LogP contribution < -0.4 is 4.90 Å². The van der Waals surface area contributed by atoms with E-state index in [0.717, 1.165) is 59.6 Å². The van der Waals surface area contributed by atoms with E-state index in [9.17, 15) is 14.7 Å². The van der Waals surface area contributed by atoms with E-state index in [2.05, 4.69) is 47.1 Å². The normalized spacial score (nSPS) is 14.2. The number of benzene rings is 4. The Kier molecular flexibility index (Phi) is 9.46. The second kappa shape index (κ2) is 13.9. The number of fused-ring (bicyclic) bond motifs is 1. The van der Waals surface area contributed by atoms with Crippen molar-refractivity contribution < 1.29 is 19.4 Å². The minimum atomic E-state index is -0.287. The average Bonchev–Trinajstić information content (AvgIpc) is 3.11. The number of carbonyl (C=O) groups excluding carboxylic acids is 2. The molecule has 0 spiro atoms. The molecule has 0 saturated carbocycles. The molecule has 8 heteroatoms. The predicted octanol–water partition coefficient (Wildman–Crippen LogP) is 7.42. The highest BCUT2D eigenvalue weighted by atomic mass is 16.5. The summed E-state index contributed by atoms with van der Waals surface area (Å²) in [5.41, 5.74) is 6.83. The van der Waals surface area contributed by atoms with Crippen LogP contribution in [-0.2, 0) is 4.74 Å². The zero-order valence-corrected chi connectivity index (χ0v) is 28.2. The van der Waals surface area contributed by atoms with Gasteiger partial charge in [-0.15, -0.1) is 0 Å². The molecular formula is C40H42N4O4. The molecule has 1 saturated heterocycles. The van der Waals surface area contributed by atoms with E-state index in [1.807, 2.05) is 74.6 Å². The quantitative estimate of drug-likeness (QED) is 0.176. The number of hydrogen-bond acceptors (Lipinski definition) is 7. The van der Waals surface area contributed by atoms with E-state index in [0.29, 0.717) is 10.9 Å². The fourth-order valence-corrected chi connectivity index (χ4v) is 6.32. The van der Waals surface area contributed by atoms with Crippen molar-refractivity contribution in [2.75, 3.05) is 45.2 Å². The molecule has 1 amide bonds. The first-order valence-electron chi connectivity index (χ1n) is 16.4. The third kappa shape index (κ3) is 6.75. The number of phenols is 1. The molecule has 1 aromatic heterocycles. The number of piperazine rings is 1. The maximum Gasteiger partial charge on any atom is 0.338 e. The van der Waals surface area contributed by atoms with Crippen molar-refractivity contribution in [3.63, 3.8) is 0 Å². The van der Waals surface area contributed by atoms with Gasteiger partial charge in [0.1, 0.15) is 5.75 Å². The van der Waals surface area contributed by atoms with Gasteiger partial charge >= 0.3 is 5.97 Å². The number of rotatable bonds is 8. The number of phenolic OH excluding ortho intramolecular Hbond substituents is 1. The lowest BCUT2D eigenvalue weighted by Gasteiger charge is -2.39. The number of aromatic hydroxyl groups is 1. The summed E-state index contributed by atoms with van der Waals surface area (Å²) in [5, 5.41) is 12.4. The van der Waals surface area contributed by atoms with Gasteiger partial charge in [0.2, 0.25) is 0 Å². The first kappa shape index (κ1) is 32.7. The molecule has 2 heterocycles. The molecule has 1 fully saturated rings. The number of hydrogen-bond donors (Lipinski definition) is 1. The van der Waals surface area contributed by atoms with Gasteiger partial charge in [0.15, 0.2) is 0 Å². The van der Waals surface area contributed by atoms with Crippen molar-refractivity contribution >= 4 is 28.3 Å². The summed E-state index contributed by atoms with van der Waals surface area (Å²) in [6.07, 6.45) is 1.73. The summed E-state index contributed by atoms with van der Waals surface area (Å²) in [7, 11) is 3.35. The van der Waals surface area contributed by atoms with E-state index in [1.54, 1.807) is 20.2 Å². The summed E-state index contributed by atoms with van der Waals surface area (Å²) in [6.45, 7) is 9.68. The number of anilines is 1. The summed E-state index contributed by atoms with van der Waals surface area (Å²) in [4.78, 5) is 36.2. The SMILES string of the molecule is CC(C)OC(=O)c1ccc(N2CCN(C(C)c3ccc(-c4ccc(-c5cc(C(=O)N(C)C)c(O)c6ccccc56)nc4)cc3)CC2)cc1. The van der Waals surface area contributed by atoms with E-state index >= 15 is 0 Å². The fraction of sp³-hybridized carbons (Fsp3) is 0.275. The number of pyridine rings is 1. The topological polar surface area (TPSA) is 86.2 Å². The molecule has 1 unspecified atom stereocenters. The molecule has 0 bridgehead atoms. The van der Waals surface area contributed by atoms with Crippen molar-refractivity contribution in [1.29, 1.82) is 0 Å². The van der Waals surface area contributed by atoms with E-state index in [4.69, 9.17) is 9.72 Å². The van der Waals surface area contributed by atoms with Crippen LogP contribution in [0.15, 0.2) is 97.2 Å². The Labute approximate surface area is 282 Å². The van der Waals surface area contributed by atoms with Crippen LogP contribution in [0.1, 0.15) is 53.1 Å². The molecule has 0 radical (unpaired) electrons. The first-order valence-corrected chi connectivity index (χ1v) is 16.4. The monoisotopic (exact) mass is 642 g/mol. The molecule has 0 aliphatic carbocycles. The van der Waals surface area contributed by atoms with Crippen molar-refractivity contribution in [2.45, 2.75) is 32.9 Å². The van der Waals surface area contributed by atoms with E-state index in [1.165, 1.54) is 10.5 Å². The van der Waals surface area contributed by atoms with Crippen molar-refractivity contribution in [3.05, 3.63) is 114 Å². The zero-order valence-electron chi connectivity index (χ0n) is 28.2. The Morgan fingerprint density at radius 1 is 0.812 bits per heavy atom. The lowest BCUT2D eigenvalue weighted by Crippen LogP contribution is -2.47. The van der Waals surface area contributed by atoms with Crippen LogP contribution in [0.2, 0.25) is 0 Å². The van der Waals surface area contributed by atoms with Crippen LogP contribution in [0, 0.1) is 0 Å². The van der Waals surface area contributed by atoms with Crippen molar-refractivity contribution in [2.24, 2.45) is 0 Å². The maximum atomic E-state index is 12.9. The lowest BCUT2D eigenvalue weighted by atomic mass is 9.96. The summed E-state index contributed by atoms with van der Waals surface area (Å²) < 4.78 is 5.31. The van der Waals surface area contributed by atoms with Crippen molar-refractivity contribution in [1.82, 2.24) is 14.8 Å². The minimum Gasteiger partial charge on any atom is -0.506 e. The van der Waals surface area contributed by atoms with Gasteiger partial charge in [-0.2, -0.15) is 0 Å². The second-order valence-corrected chi connectivity index (χ2v) is 12.8. The molecule has 5 aromatic rings. The second-order valence-electron chi connectivity index (χ2n) is 12.8. The standard InChI is InChI=1S/C40H42N4O4/c1-26(2)48-40(47)30-14-17-32(18-15-30)44-22-20-43(21-23-44)27(3)28-10-12-29(13-11-28)31-16-19-37(41-25-31)35-24-36(39(46)42(4)5)38(45)34-9-7-6-8-33(34)35/h6-19,24-27,45H,20-23H2,1-5H3. The molecule has 1 aliphatic rings. The molecule has 1 aliphatic heterocycles. The van der Waals surface area contributed by atoms with Gasteiger partial charge in [0.25, 0.3) is 5.91 Å².